The standard InChI is InChI=1S/C12H16N4O2S2/c1-2-16(9-10-5-4-8-19-10)20(17,18)12-11(15-13)6-3-7-14-12/h3-8,15H,2,9,13H2,1H3. The number of hydrogen-bond donors (Lipinski definition) is 2. The molecule has 0 saturated carbocycles. The highest BCUT2D eigenvalue weighted by Gasteiger charge is 2.27. The highest BCUT2D eigenvalue weighted by molar-refractivity contribution is 7.89. The first-order valence-corrected chi connectivity index (χ1v) is 8.35. The molecular weight excluding hydrogens is 296 g/mol. The number of nitrogens with one attached hydrogen (secondary N) is 1. The Hall–Kier alpha value is -1.48. The van der Waals surface area contributed by atoms with Crippen LogP contribution in [0.25, 0.3) is 0 Å². The Balaban J connectivity index is 2.36. The summed E-state index contributed by atoms with van der Waals surface area (Å²) in [6, 6.07) is 7.01. The van der Waals surface area contributed by atoms with E-state index in [0.717, 1.165) is 4.88 Å². The lowest BCUT2D eigenvalue weighted by molar-refractivity contribution is 0.424. The SMILES string of the molecule is CCN(Cc1cccs1)S(=O)(=O)c1ncccc1NN. The zero-order chi connectivity index (χ0) is 14.6. The molecule has 2 aromatic rings. The van der Waals surface area contributed by atoms with Crippen LogP contribution < -0.4 is 11.3 Å². The first kappa shape index (κ1) is 14.9. The van der Waals surface area contributed by atoms with Crippen LogP contribution in [-0.4, -0.2) is 24.3 Å². The highest BCUT2D eigenvalue weighted by Crippen LogP contribution is 2.23. The fraction of sp³-hybridized carbons (Fsp3) is 0.250. The monoisotopic (exact) mass is 312 g/mol. The molecule has 0 unspecified atom stereocenters. The summed E-state index contributed by atoms with van der Waals surface area (Å²) in [5, 5.41) is 1.87. The van der Waals surface area contributed by atoms with E-state index in [4.69, 9.17) is 5.84 Å². The van der Waals surface area contributed by atoms with Crippen molar-refractivity contribution in [3.8, 4) is 0 Å². The molecule has 0 atom stereocenters. The van der Waals surface area contributed by atoms with Crippen molar-refractivity contribution >= 4 is 27.0 Å². The van der Waals surface area contributed by atoms with Crippen LogP contribution in [0, 0.1) is 0 Å². The topological polar surface area (TPSA) is 88.3 Å². The van der Waals surface area contributed by atoms with E-state index in [0.29, 0.717) is 13.1 Å². The van der Waals surface area contributed by atoms with Gasteiger partial charge < -0.3 is 5.43 Å². The summed E-state index contributed by atoms with van der Waals surface area (Å²) < 4.78 is 26.7. The normalized spacial score (nSPS) is 11.8. The van der Waals surface area contributed by atoms with E-state index in [1.54, 1.807) is 19.1 Å². The molecule has 0 aliphatic rings. The third kappa shape index (κ3) is 2.98. The minimum atomic E-state index is -3.68. The van der Waals surface area contributed by atoms with Gasteiger partial charge in [-0.25, -0.2) is 13.4 Å². The molecule has 0 bridgehead atoms. The van der Waals surface area contributed by atoms with Gasteiger partial charge >= 0.3 is 0 Å². The summed E-state index contributed by atoms with van der Waals surface area (Å²) in [5.74, 6) is 5.35. The van der Waals surface area contributed by atoms with Crippen LogP contribution in [0.15, 0.2) is 40.9 Å². The third-order valence-electron chi connectivity index (χ3n) is 2.78. The van der Waals surface area contributed by atoms with Crippen LogP contribution >= 0.6 is 11.3 Å². The average Bonchev–Trinajstić information content (AvgIpc) is 2.97. The van der Waals surface area contributed by atoms with Crippen LogP contribution in [0.2, 0.25) is 0 Å². The Morgan fingerprint density at radius 1 is 1.40 bits per heavy atom. The summed E-state index contributed by atoms with van der Waals surface area (Å²) in [6.45, 7) is 2.49. The summed E-state index contributed by atoms with van der Waals surface area (Å²) in [6.07, 6.45) is 1.44. The Morgan fingerprint density at radius 3 is 2.80 bits per heavy atom. The smallest absolute Gasteiger partial charge is 0.263 e. The van der Waals surface area contributed by atoms with Gasteiger partial charge in [0.05, 0.1) is 5.69 Å². The van der Waals surface area contributed by atoms with Gasteiger partial charge in [0.25, 0.3) is 10.0 Å². The summed E-state index contributed by atoms with van der Waals surface area (Å²) in [5.41, 5.74) is 2.66. The number of nitrogens with two attached hydrogens (primary N) is 1. The molecule has 0 radical (unpaired) electrons. The van der Waals surface area contributed by atoms with Gasteiger partial charge in [0, 0.05) is 24.2 Å². The Morgan fingerprint density at radius 2 is 2.20 bits per heavy atom. The van der Waals surface area contributed by atoms with Crippen LogP contribution in [0.5, 0.6) is 0 Å². The van der Waals surface area contributed by atoms with Crippen molar-refractivity contribution in [1.29, 1.82) is 0 Å². The second-order valence-corrected chi connectivity index (χ2v) is 6.90. The molecule has 0 aliphatic heterocycles. The number of sulfonamides is 1. The number of hydrazine groups is 1. The maximum absolute atomic E-state index is 12.6. The first-order chi connectivity index (χ1) is 9.59. The molecule has 8 heteroatoms. The van der Waals surface area contributed by atoms with Gasteiger partial charge in [-0.05, 0) is 23.6 Å². The van der Waals surface area contributed by atoms with Crippen molar-refractivity contribution < 1.29 is 8.42 Å². The third-order valence-corrected chi connectivity index (χ3v) is 5.52. The van der Waals surface area contributed by atoms with Crippen molar-refractivity contribution in [2.75, 3.05) is 12.0 Å². The van der Waals surface area contributed by atoms with E-state index in [2.05, 4.69) is 10.4 Å². The van der Waals surface area contributed by atoms with Gasteiger partial charge in [-0.3, -0.25) is 5.84 Å². The molecule has 0 aromatic carbocycles. The van der Waals surface area contributed by atoms with Crippen molar-refractivity contribution in [1.82, 2.24) is 9.29 Å². The van der Waals surface area contributed by atoms with Gasteiger partial charge in [0.15, 0.2) is 5.03 Å². The molecule has 108 valence electrons. The van der Waals surface area contributed by atoms with Crippen LogP contribution in [-0.2, 0) is 16.6 Å². The minimum absolute atomic E-state index is 0.0547. The molecule has 0 saturated heterocycles. The minimum Gasteiger partial charge on any atom is -0.321 e. The maximum atomic E-state index is 12.6. The van der Waals surface area contributed by atoms with E-state index in [1.807, 2.05) is 17.5 Å². The van der Waals surface area contributed by atoms with Crippen molar-refractivity contribution in [3.05, 3.63) is 40.7 Å². The van der Waals surface area contributed by atoms with Gasteiger partial charge in [0.2, 0.25) is 0 Å². The zero-order valence-corrected chi connectivity index (χ0v) is 12.6. The van der Waals surface area contributed by atoms with Crippen LogP contribution in [0.1, 0.15) is 11.8 Å². The molecule has 2 rings (SSSR count). The lowest BCUT2D eigenvalue weighted by Gasteiger charge is -2.20. The molecule has 0 spiro atoms. The predicted octanol–water partition coefficient (Wildman–Crippen LogP) is 1.64. The van der Waals surface area contributed by atoms with Gasteiger partial charge in [0.1, 0.15) is 0 Å². The van der Waals surface area contributed by atoms with Crippen LogP contribution in [0.3, 0.4) is 0 Å². The predicted molar refractivity (Wildman–Crippen MR) is 79.6 cm³/mol. The van der Waals surface area contributed by atoms with E-state index in [-0.39, 0.29) is 10.7 Å². The van der Waals surface area contributed by atoms with E-state index >= 15 is 0 Å². The first-order valence-electron chi connectivity index (χ1n) is 6.03. The lowest BCUT2D eigenvalue weighted by Crippen LogP contribution is -2.31. The number of aromatic nitrogens is 1. The molecule has 2 heterocycles. The highest BCUT2D eigenvalue weighted by atomic mass is 32.2. The van der Waals surface area contributed by atoms with Crippen molar-refractivity contribution in [2.24, 2.45) is 5.84 Å². The number of thiophene rings is 1. The Kier molecular flexibility index (Phi) is 4.71. The Bertz CT molecular complexity index is 656. The Labute approximate surface area is 122 Å². The summed E-state index contributed by atoms with van der Waals surface area (Å²) >= 11 is 1.52. The van der Waals surface area contributed by atoms with E-state index < -0.39 is 10.0 Å². The molecule has 0 aliphatic carbocycles. The fourth-order valence-electron chi connectivity index (χ4n) is 1.77. The largest absolute Gasteiger partial charge is 0.321 e. The molecule has 2 aromatic heterocycles. The molecule has 6 nitrogen and oxygen atoms in total. The molecule has 0 amide bonds. The number of nitrogens with zero attached hydrogens (tertiary/aromatic N) is 2. The van der Waals surface area contributed by atoms with Crippen molar-refractivity contribution in [3.63, 3.8) is 0 Å². The fourth-order valence-corrected chi connectivity index (χ4v) is 4.07. The van der Waals surface area contributed by atoms with Gasteiger partial charge in [-0.15, -0.1) is 11.3 Å². The maximum Gasteiger partial charge on any atom is 0.263 e. The summed E-state index contributed by atoms with van der Waals surface area (Å²) in [7, 11) is -3.68. The van der Waals surface area contributed by atoms with Crippen molar-refractivity contribution in [2.45, 2.75) is 18.5 Å². The molecule has 0 fully saturated rings. The average molecular weight is 312 g/mol. The molecule has 3 N–H and O–H groups in total. The lowest BCUT2D eigenvalue weighted by atomic mass is 10.4. The number of anilines is 1. The summed E-state index contributed by atoms with van der Waals surface area (Å²) in [4.78, 5) is 4.93. The number of hydrogen-bond acceptors (Lipinski definition) is 6. The quantitative estimate of drug-likeness (QED) is 0.625. The van der Waals surface area contributed by atoms with Gasteiger partial charge in [-0.1, -0.05) is 13.0 Å². The van der Waals surface area contributed by atoms with E-state index in [9.17, 15) is 8.42 Å². The second kappa shape index (κ2) is 6.31. The number of nitrogen functional groups attached to an aromatic ring is 1. The number of rotatable bonds is 6. The van der Waals surface area contributed by atoms with E-state index in [1.165, 1.54) is 21.8 Å². The number of pyridine rings is 1. The van der Waals surface area contributed by atoms with Crippen LogP contribution in [0.4, 0.5) is 5.69 Å². The zero-order valence-electron chi connectivity index (χ0n) is 11.0. The van der Waals surface area contributed by atoms with Gasteiger partial charge in [-0.2, -0.15) is 4.31 Å². The molecular formula is C12H16N4O2S2. The second-order valence-electron chi connectivity index (χ2n) is 4.01. The molecule has 20 heavy (non-hydrogen) atoms.